The Hall–Kier alpha value is -1.07. The fourth-order valence-corrected chi connectivity index (χ4v) is 3.29. The van der Waals surface area contributed by atoms with Crippen molar-refractivity contribution in [2.75, 3.05) is 11.9 Å². The highest BCUT2D eigenvalue weighted by Crippen LogP contribution is 2.26. The maximum Gasteiger partial charge on any atom is 0.238 e. The number of aryl methyl sites for hydroxylation is 1. The lowest BCUT2D eigenvalue weighted by Gasteiger charge is -2.16. The zero-order valence-electron chi connectivity index (χ0n) is 12.8. The van der Waals surface area contributed by atoms with Crippen molar-refractivity contribution in [1.82, 2.24) is 5.32 Å². The fourth-order valence-electron chi connectivity index (χ4n) is 2.12. The third-order valence-electron chi connectivity index (χ3n) is 3.40. The number of nitrogens with one attached hydrogen (secondary N) is 2. The molecule has 0 fully saturated rings. The summed E-state index contributed by atoms with van der Waals surface area (Å²) < 4.78 is 0.861. The van der Waals surface area contributed by atoms with Crippen LogP contribution >= 0.6 is 39.1 Å². The number of hydrogen-bond acceptors (Lipinski definition) is 2. The number of amides is 1. The van der Waals surface area contributed by atoms with E-state index in [0.717, 1.165) is 21.3 Å². The monoisotopic (exact) mass is 414 g/mol. The van der Waals surface area contributed by atoms with Gasteiger partial charge in [-0.25, -0.2) is 0 Å². The average Bonchev–Trinajstić information content (AvgIpc) is 2.48. The Morgan fingerprint density at radius 1 is 1.22 bits per heavy atom. The molecule has 0 saturated carbocycles. The molecule has 6 heteroatoms. The first-order chi connectivity index (χ1) is 10.9. The summed E-state index contributed by atoms with van der Waals surface area (Å²) in [5, 5.41) is 7.19. The SMILES string of the molecule is Cc1ccc(NC(=O)CN[C@H](C)c2ccc(Cl)cc2Cl)c(Br)c1. The molecule has 2 aromatic rings. The molecular formula is C17H17BrCl2N2O. The zero-order chi connectivity index (χ0) is 17.0. The second kappa shape index (κ2) is 8.15. The van der Waals surface area contributed by atoms with Crippen LogP contribution in [0.4, 0.5) is 5.69 Å². The van der Waals surface area contributed by atoms with Gasteiger partial charge in [0.15, 0.2) is 0 Å². The molecule has 0 unspecified atom stereocenters. The van der Waals surface area contributed by atoms with Crippen molar-refractivity contribution in [3.05, 3.63) is 62.0 Å². The standard InChI is InChI=1S/C17H17BrCl2N2O/c1-10-3-6-16(14(18)7-10)22-17(23)9-21-11(2)13-5-4-12(19)8-15(13)20/h3-8,11,21H,9H2,1-2H3,(H,22,23)/t11-/m1/s1. The number of rotatable bonds is 5. The maximum atomic E-state index is 12.1. The molecule has 1 amide bonds. The van der Waals surface area contributed by atoms with E-state index >= 15 is 0 Å². The average molecular weight is 416 g/mol. The van der Waals surface area contributed by atoms with Crippen LogP contribution in [0.5, 0.6) is 0 Å². The Balaban J connectivity index is 1.93. The van der Waals surface area contributed by atoms with Crippen molar-refractivity contribution in [1.29, 1.82) is 0 Å². The summed E-state index contributed by atoms with van der Waals surface area (Å²) in [6, 6.07) is 11.0. The van der Waals surface area contributed by atoms with E-state index in [1.54, 1.807) is 12.1 Å². The minimum Gasteiger partial charge on any atom is -0.324 e. The van der Waals surface area contributed by atoms with E-state index in [1.807, 2.05) is 38.1 Å². The molecular weight excluding hydrogens is 399 g/mol. The predicted molar refractivity (Wildman–Crippen MR) is 100 cm³/mol. The van der Waals surface area contributed by atoms with Crippen molar-refractivity contribution in [3.8, 4) is 0 Å². The van der Waals surface area contributed by atoms with Gasteiger partial charge in [0.1, 0.15) is 0 Å². The molecule has 3 nitrogen and oxygen atoms in total. The van der Waals surface area contributed by atoms with Gasteiger partial charge in [-0.05, 0) is 65.2 Å². The first kappa shape index (κ1) is 18.3. The highest BCUT2D eigenvalue weighted by molar-refractivity contribution is 9.10. The molecule has 0 aliphatic rings. The number of anilines is 1. The van der Waals surface area contributed by atoms with Gasteiger partial charge in [-0.15, -0.1) is 0 Å². The predicted octanol–water partition coefficient (Wildman–Crippen LogP) is 5.35. The van der Waals surface area contributed by atoms with Crippen LogP contribution in [0.25, 0.3) is 0 Å². The van der Waals surface area contributed by atoms with E-state index < -0.39 is 0 Å². The van der Waals surface area contributed by atoms with Crippen LogP contribution < -0.4 is 10.6 Å². The van der Waals surface area contributed by atoms with E-state index in [4.69, 9.17) is 23.2 Å². The lowest BCUT2D eigenvalue weighted by atomic mass is 10.1. The minimum absolute atomic E-state index is 0.0630. The quantitative estimate of drug-likeness (QED) is 0.690. The lowest BCUT2D eigenvalue weighted by molar-refractivity contribution is -0.115. The summed E-state index contributed by atoms with van der Waals surface area (Å²) in [7, 11) is 0. The number of carbonyl (C=O) groups is 1. The Morgan fingerprint density at radius 2 is 1.96 bits per heavy atom. The van der Waals surface area contributed by atoms with Gasteiger partial charge in [-0.1, -0.05) is 35.3 Å². The van der Waals surface area contributed by atoms with Crippen LogP contribution in [0.1, 0.15) is 24.1 Å². The van der Waals surface area contributed by atoms with Gasteiger partial charge in [0.2, 0.25) is 5.91 Å². The van der Waals surface area contributed by atoms with E-state index in [1.165, 1.54) is 0 Å². The molecule has 1 atom stereocenters. The molecule has 122 valence electrons. The number of benzene rings is 2. The highest BCUT2D eigenvalue weighted by Gasteiger charge is 2.12. The van der Waals surface area contributed by atoms with Crippen LogP contribution in [0, 0.1) is 6.92 Å². The molecule has 2 N–H and O–H groups in total. The Labute approximate surface area is 154 Å². The molecule has 0 heterocycles. The van der Waals surface area contributed by atoms with Crippen LogP contribution in [-0.4, -0.2) is 12.5 Å². The van der Waals surface area contributed by atoms with Crippen molar-refractivity contribution >= 4 is 50.7 Å². The van der Waals surface area contributed by atoms with Gasteiger partial charge in [0.25, 0.3) is 0 Å². The molecule has 0 radical (unpaired) electrons. The Morgan fingerprint density at radius 3 is 2.61 bits per heavy atom. The molecule has 0 aliphatic carbocycles. The van der Waals surface area contributed by atoms with Gasteiger partial charge in [-0.2, -0.15) is 0 Å². The van der Waals surface area contributed by atoms with Gasteiger partial charge < -0.3 is 10.6 Å². The molecule has 0 aliphatic heterocycles. The summed E-state index contributed by atoms with van der Waals surface area (Å²) in [6.45, 7) is 4.13. The minimum atomic E-state index is -0.119. The molecule has 23 heavy (non-hydrogen) atoms. The molecule has 0 aromatic heterocycles. The van der Waals surface area contributed by atoms with Crippen molar-refractivity contribution in [3.63, 3.8) is 0 Å². The molecule has 2 rings (SSSR count). The van der Waals surface area contributed by atoms with E-state index in [9.17, 15) is 4.79 Å². The van der Waals surface area contributed by atoms with Gasteiger partial charge >= 0.3 is 0 Å². The zero-order valence-corrected chi connectivity index (χ0v) is 15.9. The number of halogens is 3. The van der Waals surface area contributed by atoms with Gasteiger partial charge in [0, 0.05) is 20.6 Å². The second-order valence-corrected chi connectivity index (χ2v) is 7.00. The van der Waals surface area contributed by atoms with Gasteiger partial charge in [0.05, 0.1) is 12.2 Å². The molecule has 0 bridgehead atoms. The van der Waals surface area contributed by atoms with E-state index in [-0.39, 0.29) is 18.5 Å². The first-order valence-electron chi connectivity index (χ1n) is 7.11. The van der Waals surface area contributed by atoms with E-state index in [2.05, 4.69) is 26.6 Å². The van der Waals surface area contributed by atoms with Crippen LogP contribution in [0.2, 0.25) is 10.0 Å². The summed E-state index contributed by atoms with van der Waals surface area (Å²) in [4.78, 5) is 12.1. The van der Waals surface area contributed by atoms with Crippen LogP contribution in [0.15, 0.2) is 40.9 Å². The van der Waals surface area contributed by atoms with Crippen molar-refractivity contribution < 1.29 is 4.79 Å². The van der Waals surface area contributed by atoms with Crippen LogP contribution in [-0.2, 0) is 4.79 Å². The number of carbonyl (C=O) groups excluding carboxylic acids is 1. The second-order valence-electron chi connectivity index (χ2n) is 5.30. The lowest BCUT2D eigenvalue weighted by Crippen LogP contribution is -2.30. The highest BCUT2D eigenvalue weighted by atomic mass is 79.9. The molecule has 0 saturated heterocycles. The third-order valence-corrected chi connectivity index (χ3v) is 4.61. The van der Waals surface area contributed by atoms with Crippen molar-refractivity contribution in [2.45, 2.75) is 19.9 Å². The largest absolute Gasteiger partial charge is 0.324 e. The molecule has 0 spiro atoms. The first-order valence-corrected chi connectivity index (χ1v) is 8.66. The smallest absolute Gasteiger partial charge is 0.238 e. The summed E-state index contributed by atoms with van der Waals surface area (Å²) >= 11 is 15.5. The van der Waals surface area contributed by atoms with E-state index in [0.29, 0.717) is 10.0 Å². The molecule has 2 aromatic carbocycles. The Bertz CT molecular complexity index is 722. The fraction of sp³-hybridized carbons (Fsp3) is 0.235. The maximum absolute atomic E-state index is 12.1. The Kier molecular flexibility index (Phi) is 6.48. The topological polar surface area (TPSA) is 41.1 Å². The third kappa shape index (κ3) is 5.21. The van der Waals surface area contributed by atoms with Crippen molar-refractivity contribution in [2.24, 2.45) is 0 Å². The number of hydrogen-bond donors (Lipinski definition) is 2. The normalized spacial score (nSPS) is 12.0. The summed E-state index contributed by atoms with van der Waals surface area (Å²) in [6.07, 6.45) is 0. The van der Waals surface area contributed by atoms with Gasteiger partial charge in [-0.3, -0.25) is 4.79 Å². The summed E-state index contributed by atoms with van der Waals surface area (Å²) in [5.41, 5.74) is 2.78. The van der Waals surface area contributed by atoms with Crippen LogP contribution in [0.3, 0.4) is 0 Å². The summed E-state index contributed by atoms with van der Waals surface area (Å²) in [5.74, 6) is -0.119.